The Morgan fingerprint density at radius 1 is 1.53 bits per heavy atom. The largest absolute Gasteiger partial charge is 0.486 e. The summed E-state index contributed by atoms with van der Waals surface area (Å²) in [5.41, 5.74) is 11.7. The van der Waals surface area contributed by atoms with Gasteiger partial charge in [0.25, 0.3) is 5.91 Å². The average molecular weight is 283 g/mol. The lowest BCUT2D eigenvalue weighted by Gasteiger charge is -2.20. The summed E-state index contributed by atoms with van der Waals surface area (Å²) in [6, 6.07) is 0. The van der Waals surface area contributed by atoms with E-state index in [1.807, 2.05) is 20.9 Å². The number of carbonyl (C=O) groups is 1. The van der Waals surface area contributed by atoms with Crippen molar-refractivity contribution < 1.29 is 9.53 Å². The first kappa shape index (κ1) is 14.0. The molecule has 0 atom stereocenters. The van der Waals surface area contributed by atoms with Crippen LogP contribution in [0.25, 0.3) is 0 Å². The second-order valence-corrected chi connectivity index (χ2v) is 6.33. The van der Waals surface area contributed by atoms with E-state index in [0.717, 1.165) is 17.5 Å². The highest BCUT2D eigenvalue weighted by Crippen LogP contribution is 2.45. The molecule has 1 fully saturated rings. The van der Waals surface area contributed by atoms with Crippen molar-refractivity contribution in [3.63, 3.8) is 0 Å². The van der Waals surface area contributed by atoms with Crippen LogP contribution in [-0.4, -0.2) is 25.6 Å². The predicted octanol–water partition coefficient (Wildman–Crippen LogP) is 2.06. The van der Waals surface area contributed by atoms with Gasteiger partial charge in [-0.3, -0.25) is 4.79 Å². The third-order valence-corrected chi connectivity index (χ3v) is 4.35. The molecule has 0 bridgehead atoms. The standard InChI is InChI=1S/C13H21N3O2S/c1-7(2)18-10-9(14)11(12(15)17)19-13(10)16(3)6-8-4-5-8/h7-8H,4-6,14H2,1-3H3,(H2,15,17). The van der Waals surface area contributed by atoms with E-state index in [1.54, 1.807) is 0 Å². The van der Waals surface area contributed by atoms with E-state index < -0.39 is 5.91 Å². The molecule has 1 amide bonds. The summed E-state index contributed by atoms with van der Waals surface area (Å²) in [5, 5.41) is 0.895. The Labute approximate surface area is 117 Å². The number of ether oxygens (including phenoxy) is 1. The minimum atomic E-state index is -0.498. The van der Waals surface area contributed by atoms with Gasteiger partial charge in [0.2, 0.25) is 0 Å². The number of nitrogens with two attached hydrogens (primary N) is 2. The van der Waals surface area contributed by atoms with Crippen LogP contribution in [0.4, 0.5) is 10.7 Å². The zero-order valence-corrected chi connectivity index (χ0v) is 12.4. The van der Waals surface area contributed by atoms with E-state index in [1.165, 1.54) is 24.2 Å². The Hall–Kier alpha value is -1.43. The maximum Gasteiger partial charge on any atom is 0.261 e. The zero-order chi connectivity index (χ0) is 14.2. The monoisotopic (exact) mass is 283 g/mol. The molecule has 0 spiro atoms. The van der Waals surface area contributed by atoms with Gasteiger partial charge in [-0.2, -0.15) is 0 Å². The quantitative estimate of drug-likeness (QED) is 0.837. The first-order valence-corrected chi connectivity index (χ1v) is 7.31. The molecule has 5 nitrogen and oxygen atoms in total. The third-order valence-electron chi connectivity index (χ3n) is 3.04. The number of primary amides is 1. The number of nitrogen functional groups attached to an aromatic ring is 1. The van der Waals surface area contributed by atoms with Crippen LogP contribution in [-0.2, 0) is 0 Å². The van der Waals surface area contributed by atoms with E-state index in [0.29, 0.717) is 16.3 Å². The van der Waals surface area contributed by atoms with Crippen molar-refractivity contribution in [1.29, 1.82) is 0 Å². The maximum absolute atomic E-state index is 11.4. The molecule has 0 aromatic carbocycles. The highest BCUT2D eigenvalue weighted by molar-refractivity contribution is 7.19. The Balaban J connectivity index is 2.32. The number of hydrogen-bond donors (Lipinski definition) is 2. The van der Waals surface area contributed by atoms with Crippen molar-refractivity contribution in [3.8, 4) is 5.75 Å². The first-order valence-electron chi connectivity index (χ1n) is 6.50. The Morgan fingerprint density at radius 3 is 2.63 bits per heavy atom. The van der Waals surface area contributed by atoms with Crippen molar-refractivity contribution in [1.82, 2.24) is 0 Å². The number of rotatable bonds is 6. The number of hydrogen-bond acceptors (Lipinski definition) is 5. The molecule has 106 valence electrons. The van der Waals surface area contributed by atoms with Gasteiger partial charge in [0, 0.05) is 13.6 Å². The highest BCUT2D eigenvalue weighted by atomic mass is 32.1. The van der Waals surface area contributed by atoms with Crippen LogP contribution in [0.15, 0.2) is 0 Å². The van der Waals surface area contributed by atoms with Crippen LogP contribution < -0.4 is 21.1 Å². The maximum atomic E-state index is 11.4. The van der Waals surface area contributed by atoms with Crippen molar-refractivity contribution >= 4 is 27.9 Å². The Kier molecular flexibility index (Phi) is 3.89. The molecular weight excluding hydrogens is 262 g/mol. The van der Waals surface area contributed by atoms with Crippen LogP contribution >= 0.6 is 11.3 Å². The highest BCUT2D eigenvalue weighted by Gasteiger charge is 2.28. The summed E-state index contributed by atoms with van der Waals surface area (Å²) in [6.07, 6.45) is 2.55. The molecule has 1 aromatic heterocycles. The lowest BCUT2D eigenvalue weighted by molar-refractivity contribution is 0.100. The molecule has 1 aliphatic rings. The van der Waals surface area contributed by atoms with Crippen molar-refractivity contribution in [2.75, 3.05) is 24.2 Å². The van der Waals surface area contributed by atoms with Crippen LogP contribution in [0, 0.1) is 5.92 Å². The number of nitrogens with zero attached hydrogens (tertiary/aromatic N) is 1. The average Bonchev–Trinajstić information content (AvgIpc) is 3.04. The number of amides is 1. The van der Waals surface area contributed by atoms with E-state index in [9.17, 15) is 4.79 Å². The summed E-state index contributed by atoms with van der Waals surface area (Å²) < 4.78 is 5.77. The second-order valence-electron chi connectivity index (χ2n) is 5.33. The topological polar surface area (TPSA) is 81.6 Å². The predicted molar refractivity (Wildman–Crippen MR) is 79.0 cm³/mol. The summed E-state index contributed by atoms with van der Waals surface area (Å²) in [5.74, 6) is 0.844. The van der Waals surface area contributed by atoms with E-state index >= 15 is 0 Å². The zero-order valence-electron chi connectivity index (χ0n) is 11.6. The molecule has 1 saturated carbocycles. The first-order chi connectivity index (χ1) is 8.90. The molecule has 1 aliphatic carbocycles. The molecule has 0 saturated heterocycles. The van der Waals surface area contributed by atoms with Gasteiger partial charge in [0.05, 0.1) is 6.10 Å². The van der Waals surface area contributed by atoms with Crippen molar-refractivity contribution in [2.24, 2.45) is 11.7 Å². The van der Waals surface area contributed by atoms with Gasteiger partial charge < -0.3 is 21.1 Å². The summed E-state index contributed by atoms with van der Waals surface area (Å²) >= 11 is 1.32. The summed E-state index contributed by atoms with van der Waals surface area (Å²) in [6.45, 7) is 4.84. The molecule has 0 radical (unpaired) electrons. The molecule has 4 N–H and O–H groups in total. The lowest BCUT2D eigenvalue weighted by Crippen LogP contribution is -2.20. The normalized spacial score (nSPS) is 14.7. The molecule has 2 rings (SSSR count). The van der Waals surface area contributed by atoms with Crippen LogP contribution in [0.1, 0.15) is 36.4 Å². The molecule has 1 aromatic rings. The van der Waals surface area contributed by atoms with Crippen molar-refractivity contribution in [3.05, 3.63) is 4.88 Å². The van der Waals surface area contributed by atoms with Gasteiger partial charge >= 0.3 is 0 Å². The van der Waals surface area contributed by atoms with Crippen molar-refractivity contribution in [2.45, 2.75) is 32.8 Å². The fourth-order valence-electron chi connectivity index (χ4n) is 1.97. The molecule has 1 heterocycles. The Bertz CT molecular complexity index is 480. The van der Waals surface area contributed by atoms with E-state index in [4.69, 9.17) is 16.2 Å². The van der Waals surface area contributed by atoms with Gasteiger partial charge in [0.15, 0.2) is 5.75 Å². The van der Waals surface area contributed by atoms with Crippen LogP contribution in [0.5, 0.6) is 5.75 Å². The molecular formula is C13H21N3O2S. The Morgan fingerprint density at radius 2 is 2.16 bits per heavy atom. The summed E-state index contributed by atoms with van der Waals surface area (Å²) in [7, 11) is 2.00. The molecule has 0 aliphatic heterocycles. The van der Waals surface area contributed by atoms with Gasteiger partial charge in [-0.05, 0) is 32.6 Å². The minimum absolute atomic E-state index is 0.00528. The number of anilines is 2. The third kappa shape index (κ3) is 3.12. The SMILES string of the molecule is CC(C)Oc1c(N(C)CC2CC2)sc(C(N)=O)c1N. The molecule has 19 heavy (non-hydrogen) atoms. The molecule has 6 heteroatoms. The van der Waals surface area contributed by atoms with Gasteiger partial charge in [-0.1, -0.05) is 0 Å². The minimum Gasteiger partial charge on any atom is -0.486 e. The summed E-state index contributed by atoms with van der Waals surface area (Å²) in [4.78, 5) is 13.9. The van der Waals surface area contributed by atoms with Gasteiger partial charge in [0.1, 0.15) is 15.6 Å². The smallest absolute Gasteiger partial charge is 0.261 e. The number of thiophene rings is 1. The van der Waals surface area contributed by atoms with Gasteiger partial charge in [-0.15, -0.1) is 11.3 Å². The van der Waals surface area contributed by atoms with E-state index in [-0.39, 0.29) is 6.10 Å². The lowest BCUT2D eigenvalue weighted by atomic mass is 10.3. The fourth-order valence-corrected chi connectivity index (χ4v) is 2.95. The van der Waals surface area contributed by atoms with Crippen LogP contribution in [0.2, 0.25) is 0 Å². The molecule has 0 unspecified atom stereocenters. The fraction of sp³-hybridized carbons (Fsp3) is 0.615. The van der Waals surface area contributed by atoms with E-state index in [2.05, 4.69) is 4.90 Å². The van der Waals surface area contributed by atoms with Crippen LogP contribution in [0.3, 0.4) is 0 Å². The number of carbonyl (C=O) groups excluding carboxylic acids is 1. The second kappa shape index (κ2) is 5.28. The van der Waals surface area contributed by atoms with Gasteiger partial charge in [-0.25, -0.2) is 0 Å².